The van der Waals surface area contributed by atoms with Gasteiger partial charge in [0.25, 0.3) is 0 Å². The SMILES string of the molecule is CC(C)(C)c1cc(-n2nc(C=Cc3ccccc3)cc2-c2ccccc2)cc(C(C)(C)C)c1. The summed E-state index contributed by atoms with van der Waals surface area (Å²) in [5.74, 6) is 0. The first-order valence-electron chi connectivity index (χ1n) is 11.7. The molecule has 0 fully saturated rings. The van der Waals surface area contributed by atoms with Gasteiger partial charge in [0, 0.05) is 5.56 Å². The normalized spacial score (nSPS) is 12.4. The van der Waals surface area contributed by atoms with Gasteiger partial charge in [-0.15, -0.1) is 0 Å². The Morgan fingerprint density at radius 3 is 1.73 bits per heavy atom. The molecule has 0 radical (unpaired) electrons. The van der Waals surface area contributed by atoms with Crippen LogP contribution in [-0.4, -0.2) is 9.78 Å². The van der Waals surface area contributed by atoms with Gasteiger partial charge >= 0.3 is 0 Å². The van der Waals surface area contributed by atoms with E-state index in [-0.39, 0.29) is 10.8 Å². The van der Waals surface area contributed by atoms with Crippen LogP contribution in [0.2, 0.25) is 0 Å². The molecule has 0 spiro atoms. The van der Waals surface area contributed by atoms with Gasteiger partial charge in [-0.05, 0) is 51.8 Å². The molecule has 0 bridgehead atoms. The second-order valence-electron chi connectivity index (χ2n) is 10.7. The van der Waals surface area contributed by atoms with Gasteiger partial charge in [-0.3, -0.25) is 0 Å². The van der Waals surface area contributed by atoms with Crippen molar-refractivity contribution in [1.82, 2.24) is 9.78 Å². The lowest BCUT2D eigenvalue weighted by atomic mass is 9.80. The van der Waals surface area contributed by atoms with Crippen molar-refractivity contribution in [2.24, 2.45) is 0 Å². The molecule has 1 heterocycles. The van der Waals surface area contributed by atoms with Crippen LogP contribution in [0.5, 0.6) is 0 Å². The summed E-state index contributed by atoms with van der Waals surface area (Å²) in [6, 6.07) is 30.0. The Hall–Kier alpha value is -3.39. The lowest BCUT2D eigenvalue weighted by Crippen LogP contribution is -2.17. The van der Waals surface area contributed by atoms with E-state index in [2.05, 4.69) is 137 Å². The first-order valence-corrected chi connectivity index (χ1v) is 11.7. The largest absolute Gasteiger partial charge is 0.232 e. The van der Waals surface area contributed by atoms with Crippen molar-refractivity contribution in [1.29, 1.82) is 0 Å². The molecule has 3 aromatic carbocycles. The molecular formula is C31H34N2. The van der Waals surface area contributed by atoms with Crippen molar-refractivity contribution in [3.05, 3.63) is 107 Å². The van der Waals surface area contributed by atoms with Gasteiger partial charge in [-0.1, -0.05) is 114 Å². The molecule has 2 nitrogen and oxygen atoms in total. The van der Waals surface area contributed by atoms with Crippen LogP contribution in [0, 0.1) is 0 Å². The van der Waals surface area contributed by atoms with Crippen LogP contribution in [0.1, 0.15) is 63.9 Å². The molecule has 0 amide bonds. The molecular weight excluding hydrogens is 400 g/mol. The summed E-state index contributed by atoms with van der Waals surface area (Å²) in [6.07, 6.45) is 4.21. The van der Waals surface area contributed by atoms with Crippen molar-refractivity contribution in [2.45, 2.75) is 52.4 Å². The summed E-state index contributed by atoms with van der Waals surface area (Å²) in [6.45, 7) is 13.6. The number of hydrogen-bond donors (Lipinski definition) is 0. The highest BCUT2D eigenvalue weighted by Gasteiger charge is 2.22. The zero-order chi connectivity index (χ0) is 23.6. The van der Waals surface area contributed by atoms with Crippen LogP contribution < -0.4 is 0 Å². The van der Waals surface area contributed by atoms with E-state index in [4.69, 9.17) is 5.10 Å². The first-order chi connectivity index (χ1) is 15.6. The molecule has 1 aromatic heterocycles. The van der Waals surface area contributed by atoms with E-state index >= 15 is 0 Å². The van der Waals surface area contributed by atoms with Gasteiger partial charge < -0.3 is 0 Å². The highest BCUT2D eigenvalue weighted by Crippen LogP contribution is 2.33. The predicted octanol–water partition coefficient (Wildman–Crippen LogP) is 8.30. The quantitative estimate of drug-likeness (QED) is 0.316. The average molecular weight is 435 g/mol. The van der Waals surface area contributed by atoms with E-state index in [1.165, 1.54) is 11.1 Å². The highest BCUT2D eigenvalue weighted by molar-refractivity contribution is 5.72. The van der Waals surface area contributed by atoms with Gasteiger partial charge in [-0.2, -0.15) is 5.10 Å². The Bertz CT molecular complexity index is 1220. The van der Waals surface area contributed by atoms with E-state index in [1.807, 2.05) is 6.07 Å². The second kappa shape index (κ2) is 8.86. The van der Waals surface area contributed by atoms with Crippen molar-refractivity contribution in [2.75, 3.05) is 0 Å². The number of benzene rings is 3. The van der Waals surface area contributed by atoms with Crippen LogP contribution >= 0.6 is 0 Å². The fraction of sp³-hybridized carbons (Fsp3) is 0.258. The molecule has 0 saturated heterocycles. The van der Waals surface area contributed by atoms with Gasteiger partial charge in [0.1, 0.15) is 0 Å². The third kappa shape index (κ3) is 5.34. The van der Waals surface area contributed by atoms with Gasteiger partial charge in [-0.25, -0.2) is 4.68 Å². The van der Waals surface area contributed by atoms with Crippen molar-refractivity contribution in [3.63, 3.8) is 0 Å². The van der Waals surface area contributed by atoms with Crippen LogP contribution in [0.4, 0.5) is 0 Å². The zero-order valence-electron chi connectivity index (χ0n) is 20.6. The zero-order valence-corrected chi connectivity index (χ0v) is 20.6. The highest BCUT2D eigenvalue weighted by atomic mass is 15.3. The molecule has 4 aromatic rings. The topological polar surface area (TPSA) is 17.8 Å². The lowest BCUT2D eigenvalue weighted by molar-refractivity contribution is 0.567. The lowest BCUT2D eigenvalue weighted by Gasteiger charge is -2.26. The van der Waals surface area contributed by atoms with E-state index in [9.17, 15) is 0 Å². The molecule has 2 heteroatoms. The molecule has 0 aliphatic rings. The Morgan fingerprint density at radius 1 is 0.636 bits per heavy atom. The summed E-state index contributed by atoms with van der Waals surface area (Å²) < 4.78 is 2.10. The minimum Gasteiger partial charge on any atom is -0.232 e. The molecule has 0 atom stereocenters. The fourth-order valence-electron chi connectivity index (χ4n) is 3.84. The predicted molar refractivity (Wildman–Crippen MR) is 142 cm³/mol. The van der Waals surface area contributed by atoms with Crippen LogP contribution in [-0.2, 0) is 10.8 Å². The fourth-order valence-corrected chi connectivity index (χ4v) is 3.84. The molecule has 0 unspecified atom stereocenters. The Morgan fingerprint density at radius 2 is 1.18 bits per heavy atom. The summed E-state index contributed by atoms with van der Waals surface area (Å²) in [7, 11) is 0. The summed E-state index contributed by atoms with van der Waals surface area (Å²) in [4.78, 5) is 0. The standard InChI is InChI=1S/C31H34N2/c1-30(2,3)25-19-26(31(4,5)6)21-28(20-25)33-29(24-15-11-8-12-16-24)22-27(32-33)18-17-23-13-9-7-10-14-23/h7-22H,1-6H3. The van der Waals surface area contributed by atoms with E-state index in [1.54, 1.807) is 0 Å². The van der Waals surface area contributed by atoms with Crippen LogP contribution in [0.3, 0.4) is 0 Å². The number of aromatic nitrogens is 2. The second-order valence-corrected chi connectivity index (χ2v) is 10.7. The summed E-state index contributed by atoms with van der Waals surface area (Å²) in [5, 5.41) is 5.05. The molecule has 168 valence electrons. The number of rotatable bonds is 4. The van der Waals surface area contributed by atoms with E-state index in [0.29, 0.717) is 0 Å². The molecule has 0 saturated carbocycles. The minimum atomic E-state index is 0.0477. The van der Waals surface area contributed by atoms with Crippen LogP contribution in [0.25, 0.3) is 29.1 Å². The van der Waals surface area contributed by atoms with E-state index in [0.717, 1.165) is 28.2 Å². The van der Waals surface area contributed by atoms with Gasteiger partial charge in [0.05, 0.1) is 17.1 Å². The average Bonchev–Trinajstić information content (AvgIpc) is 3.22. The van der Waals surface area contributed by atoms with Gasteiger partial charge in [0.2, 0.25) is 0 Å². The number of nitrogens with zero attached hydrogens (tertiary/aromatic N) is 2. The monoisotopic (exact) mass is 434 g/mol. The Balaban J connectivity index is 1.89. The van der Waals surface area contributed by atoms with Gasteiger partial charge in [0.15, 0.2) is 0 Å². The molecule has 0 aliphatic heterocycles. The maximum atomic E-state index is 5.05. The maximum absolute atomic E-state index is 5.05. The smallest absolute Gasteiger partial charge is 0.0862 e. The third-order valence-corrected chi connectivity index (χ3v) is 5.94. The maximum Gasteiger partial charge on any atom is 0.0862 e. The molecule has 0 aliphatic carbocycles. The summed E-state index contributed by atoms with van der Waals surface area (Å²) >= 11 is 0. The Labute approximate surface area is 198 Å². The van der Waals surface area contributed by atoms with Crippen molar-refractivity contribution >= 4 is 12.2 Å². The van der Waals surface area contributed by atoms with E-state index < -0.39 is 0 Å². The molecule has 4 rings (SSSR count). The van der Waals surface area contributed by atoms with Crippen molar-refractivity contribution in [3.8, 4) is 16.9 Å². The molecule has 0 N–H and O–H groups in total. The van der Waals surface area contributed by atoms with Crippen molar-refractivity contribution < 1.29 is 0 Å². The third-order valence-electron chi connectivity index (χ3n) is 5.94. The summed E-state index contributed by atoms with van der Waals surface area (Å²) in [5.41, 5.74) is 8.19. The Kier molecular flexibility index (Phi) is 6.12. The minimum absolute atomic E-state index is 0.0477. The number of hydrogen-bond acceptors (Lipinski definition) is 1. The van der Waals surface area contributed by atoms with Crippen LogP contribution in [0.15, 0.2) is 84.9 Å². The molecule has 33 heavy (non-hydrogen) atoms. The first kappa shape index (κ1) is 22.8.